The Morgan fingerprint density at radius 1 is 1.21 bits per heavy atom. The Morgan fingerprint density at radius 2 is 1.88 bits per heavy atom. The number of anilines is 1. The molecule has 2 aromatic rings. The molecule has 1 saturated carbocycles. The molecule has 1 heterocycles. The molecule has 2 fully saturated rings. The molecule has 3 aliphatic rings. The summed E-state index contributed by atoms with van der Waals surface area (Å²) in [5.41, 5.74) is 0.575. The molecule has 0 radical (unpaired) electrons. The van der Waals surface area contributed by atoms with Gasteiger partial charge in [0.2, 0.25) is 0 Å². The van der Waals surface area contributed by atoms with E-state index < -0.39 is 18.3 Å². The predicted octanol–water partition coefficient (Wildman–Crippen LogP) is 4.40. The number of rotatable bonds is 6. The number of ether oxygens (including phenoxy) is 1. The minimum Gasteiger partial charge on any atom is -0.481 e. The van der Waals surface area contributed by atoms with E-state index in [9.17, 15) is 18.8 Å². The van der Waals surface area contributed by atoms with Crippen molar-refractivity contribution in [2.45, 2.75) is 6.42 Å². The topological polar surface area (TPSA) is 88.1 Å². The van der Waals surface area contributed by atoms with Crippen molar-refractivity contribution < 1.29 is 23.5 Å². The van der Waals surface area contributed by atoms with Gasteiger partial charge in [0.05, 0.1) is 33.2 Å². The Kier molecular flexibility index (Phi) is 5.99. The van der Waals surface area contributed by atoms with Crippen LogP contribution in [0.5, 0.6) is 5.75 Å². The van der Waals surface area contributed by atoms with E-state index in [1.165, 1.54) is 30.5 Å². The van der Waals surface area contributed by atoms with Crippen LogP contribution < -0.4 is 10.1 Å². The Morgan fingerprint density at radius 3 is 2.53 bits per heavy atom. The van der Waals surface area contributed by atoms with Gasteiger partial charge in [0.1, 0.15) is 5.82 Å². The van der Waals surface area contributed by atoms with E-state index in [0.29, 0.717) is 10.0 Å². The van der Waals surface area contributed by atoms with E-state index in [1.54, 1.807) is 12.1 Å². The Labute approximate surface area is 207 Å². The van der Waals surface area contributed by atoms with Crippen LogP contribution in [0, 0.1) is 29.5 Å². The standard InChI is InChI=1S/C24H18BrClFN3O4/c25-15-7-12(10-28-30-23(32)20-13-5-6-14(9-13)21(20)24(30)33)8-16(26)22(15)34-11-19(31)29-18-4-2-1-3-17(18)27/h1-8,10,13-14,20-21H,9,11H2,(H,29,31)/t13-,14-,20-,21+/m0/s1. The normalized spacial score (nSPS) is 24.9. The molecule has 1 saturated heterocycles. The summed E-state index contributed by atoms with van der Waals surface area (Å²) in [5.74, 6) is -1.84. The third-order valence-electron chi connectivity index (χ3n) is 6.29. The number of hydrogen-bond acceptors (Lipinski definition) is 5. The summed E-state index contributed by atoms with van der Waals surface area (Å²) in [6.45, 7) is -0.393. The lowest BCUT2D eigenvalue weighted by Gasteiger charge is -2.13. The van der Waals surface area contributed by atoms with E-state index in [2.05, 4.69) is 26.3 Å². The third-order valence-corrected chi connectivity index (χ3v) is 7.16. The summed E-state index contributed by atoms with van der Waals surface area (Å²) in [6, 6.07) is 8.97. The molecule has 0 aromatic heterocycles. The first-order valence-electron chi connectivity index (χ1n) is 10.6. The van der Waals surface area contributed by atoms with Crippen molar-refractivity contribution in [1.29, 1.82) is 0 Å². The fourth-order valence-corrected chi connectivity index (χ4v) is 5.79. The molecule has 0 unspecified atom stereocenters. The first-order chi connectivity index (χ1) is 16.3. The molecule has 2 aliphatic carbocycles. The Balaban J connectivity index is 1.24. The van der Waals surface area contributed by atoms with E-state index in [1.807, 2.05) is 12.2 Å². The van der Waals surface area contributed by atoms with Crippen molar-refractivity contribution in [3.8, 4) is 5.75 Å². The summed E-state index contributed by atoms with van der Waals surface area (Å²) in [7, 11) is 0. The highest BCUT2D eigenvalue weighted by Crippen LogP contribution is 2.52. The first-order valence-corrected chi connectivity index (χ1v) is 11.8. The lowest BCUT2D eigenvalue weighted by atomic mass is 9.85. The molecule has 4 atom stereocenters. The monoisotopic (exact) mass is 545 g/mol. The third kappa shape index (κ3) is 4.03. The molecule has 1 N–H and O–H groups in total. The average Bonchev–Trinajstić information content (AvgIpc) is 3.47. The zero-order valence-electron chi connectivity index (χ0n) is 17.6. The number of benzene rings is 2. The molecule has 174 valence electrons. The predicted molar refractivity (Wildman–Crippen MR) is 127 cm³/mol. The maximum Gasteiger partial charge on any atom is 0.262 e. The van der Waals surface area contributed by atoms with Gasteiger partial charge in [-0.05, 0) is 64.0 Å². The highest BCUT2D eigenvalue weighted by Gasteiger charge is 2.59. The number of carbonyl (C=O) groups is 3. The molecule has 0 spiro atoms. The van der Waals surface area contributed by atoms with Gasteiger partial charge in [0.25, 0.3) is 17.7 Å². The molecule has 10 heteroatoms. The van der Waals surface area contributed by atoms with Gasteiger partial charge in [-0.3, -0.25) is 14.4 Å². The minimum atomic E-state index is -0.557. The molecule has 7 nitrogen and oxygen atoms in total. The molecule has 5 rings (SSSR count). The van der Waals surface area contributed by atoms with Gasteiger partial charge in [-0.15, -0.1) is 0 Å². The average molecular weight is 547 g/mol. The van der Waals surface area contributed by atoms with Crippen molar-refractivity contribution in [1.82, 2.24) is 5.01 Å². The van der Waals surface area contributed by atoms with Crippen molar-refractivity contribution in [2.24, 2.45) is 28.8 Å². The SMILES string of the molecule is O=C(COc1c(Cl)cc(C=NN2C(=O)[C@@H]3[C@H](C2=O)[C@H]2C=C[C@H]3C2)cc1Br)Nc1ccccc1F. The van der Waals surface area contributed by atoms with Gasteiger partial charge >= 0.3 is 0 Å². The Bertz CT molecular complexity index is 1210. The van der Waals surface area contributed by atoms with E-state index in [-0.39, 0.29) is 51.9 Å². The quantitative estimate of drug-likeness (QED) is 0.331. The zero-order chi connectivity index (χ0) is 24.0. The van der Waals surface area contributed by atoms with Crippen LogP contribution in [0.1, 0.15) is 12.0 Å². The number of imide groups is 1. The first kappa shape index (κ1) is 22.7. The van der Waals surface area contributed by atoms with Crippen molar-refractivity contribution in [3.63, 3.8) is 0 Å². The zero-order valence-corrected chi connectivity index (χ0v) is 19.9. The van der Waals surface area contributed by atoms with Gasteiger partial charge in [0, 0.05) is 0 Å². The second-order valence-electron chi connectivity index (χ2n) is 8.36. The molecule has 1 aliphatic heterocycles. The number of fused-ring (bicyclic) bond motifs is 5. The lowest BCUT2D eigenvalue weighted by Crippen LogP contribution is -2.28. The molecule has 34 heavy (non-hydrogen) atoms. The number of hydrogen-bond donors (Lipinski definition) is 1. The molecule has 2 bridgehead atoms. The Hall–Kier alpha value is -3.04. The summed E-state index contributed by atoms with van der Waals surface area (Å²) in [4.78, 5) is 37.6. The highest BCUT2D eigenvalue weighted by atomic mass is 79.9. The van der Waals surface area contributed by atoms with Gasteiger partial charge in [-0.2, -0.15) is 10.1 Å². The largest absolute Gasteiger partial charge is 0.481 e. The number of amides is 3. The number of hydrazone groups is 1. The maximum atomic E-state index is 13.7. The molecular formula is C24H18BrClFN3O4. The van der Waals surface area contributed by atoms with Gasteiger partial charge in [-0.25, -0.2) is 4.39 Å². The smallest absolute Gasteiger partial charge is 0.262 e. The molecule has 3 amide bonds. The summed E-state index contributed by atoms with van der Waals surface area (Å²) in [5, 5.41) is 7.71. The van der Waals surface area contributed by atoms with E-state index >= 15 is 0 Å². The van der Waals surface area contributed by atoms with Crippen molar-refractivity contribution in [2.75, 3.05) is 11.9 Å². The van der Waals surface area contributed by atoms with Crippen LogP contribution in [-0.4, -0.2) is 35.6 Å². The number of carbonyl (C=O) groups excluding carboxylic acids is 3. The summed E-state index contributed by atoms with van der Waals surface area (Å²) >= 11 is 9.67. The van der Waals surface area contributed by atoms with Crippen LogP contribution in [0.2, 0.25) is 5.02 Å². The van der Waals surface area contributed by atoms with Crippen LogP contribution >= 0.6 is 27.5 Å². The highest BCUT2D eigenvalue weighted by molar-refractivity contribution is 9.10. The van der Waals surface area contributed by atoms with Gasteiger partial charge in [0.15, 0.2) is 12.4 Å². The van der Waals surface area contributed by atoms with Crippen LogP contribution in [0.3, 0.4) is 0 Å². The van der Waals surface area contributed by atoms with E-state index in [0.717, 1.165) is 11.4 Å². The van der Waals surface area contributed by atoms with E-state index in [4.69, 9.17) is 16.3 Å². The van der Waals surface area contributed by atoms with Crippen LogP contribution in [0.4, 0.5) is 10.1 Å². The summed E-state index contributed by atoms with van der Waals surface area (Å²) < 4.78 is 19.6. The van der Waals surface area contributed by atoms with Gasteiger partial charge < -0.3 is 10.1 Å². The summed E-state index contributed by atoms with van der Waals surface area (Å²) in [6.07, 6.45) is 6.29. The number of allylic oxidation sites excluding steroid dienone is 2. The van der Waals surface area contributed by atoms with Crippen LogP contribution in [-0.2, 0) is 14.4 Å². The van der Waals surface area contributed by atoms with Gasteiger partial charge in [-0.1, -0.05) is 35.9 Å². The van der Waals surface area contributed by atoms with Crippen molar-refractivity contribution >= 4 is 57.2 Å². The van der Waals surface area contributed by atoms with Crippen LogP contribution in [0.25, 0.3) is 0 Å². The maximum absolute atomic E-state index is 13.7. The molecule has 2 aromatic carbocycles. The number of nitrogens with one attached hydrogen (secondary N) is 1. The number of halogens is 3. The lowest BCUT2D eigenvalue weighted by molar-refractivity contribution is -0.140. The molecular weight excluding hydrogens is 529 g/mol. The minimum absolute atomic E-state index is 0.0479. The second-order valence-corrected chi connectivity index (χ2v) is 9.62. The second kappa shape index (κ2) is 8.96. The van der Waals surface area contributed by atoms with Crippen molar-refractivity contribution in [3.05, 3.63) is 69.4 Å². The van der Waals surface area contributed by atoms with Crippen LogP contribution in [0.15, 0.2) is 58.1 Å². The fraction of sp³-hybridized carbons (Fsp3) is 0.250. The fourth-order valence-electron chi connectivity index (χ4n) is 4.80. The number of nitrogens with zero attached hydrogens (tertiary/aromatic N) is 2. The number of para-hydroxylation sites is 1.